The summed E-state index contributed by atoms with van der Waals surface area (Å²) in [5.41, 5.74) is 0. The molecular weight excluding hydrogens is 196 g/mol. The van der Waals surface area contributed by atoms with Gasteiger partial charge in [-0.2, -0.15) is 0 Å². The second kappa shape index (κ2) is 6.06. The molecule has 0 bridgehead atoms. The van der Waals surface area contributed by atoms with Gasteiger partial charge in [0.25, 0.3) is 0 Å². The third kappa shape index (κ3) is 4.49. The lowest BCUT2D eigenvalue weighted by Gasteiger charge is -2.23. The lowest BCUT2D eigenvalue weighted by atomic mass is 10.2. The topological polar surface area (TPSA) is 69.6 Å². The fraction of sp³-hybridized carbons (Fsp3) is 0.600. The predicted molar refractivity (Wildman–Crippen MR) is 57.7 cm³/mol. The van der Waals surface area contributed by atoms with Gasteiger partial charge in [0.1, 0.15) is 6.04 Å². The number of hydrogen-bond donors (Lipinski definition) is 2. The zero-order valence-corrected chi connectivity index (χ0v) is 9.36. The number of hydrogen-bond acceptors (Lipinski definition) is 2. The van der Waals surface area contributed by atoms with Crippen molar-refractivity contribution in [3.8, 4) is 0 Å². The largest absolute Gasteiger partial charge is 0.480 e. The minimum absolute atomic E-state index is 0.0307. The number of rotatable bonds is 5. The molecular formula is C10H18N2O3. The minimum atomic E-state index is -1.06. The van der Waals surface area contributed by atoms with Gasteiger partial charge in [0, 0.05) is 13.1 Å². The van der Waals surface area contributed by atoms with E-state index in [4.69, 9.17) is 5.11 Å². The molecule has 0 saturated carbocycles. The van der Waals surface area contributed by atoms with Crippen LogP contribution in [0.15, 0.2) is 12.7 Å². The van der Waals surface area contributed by atoms with Crippen LogP contribution in [0.25, 0.3) is 0 Å². The van der Waals surface area contributed by atoms with Crippen molar-refractivity contribution in [3.63, 3.8) is 0 Å². The van der Waals surface area contributed by atoms with Crippen LogP contribution in [0.5, 0.6) is 0 Å². The van der Waals surface area contributed by atoms with Crippen LogP contribution in [0, 0.1) is 0 Å². The smallest absolute Gasteiger partial charge is 0.326 e. The van der Waals surface area contributed by atoms with E-state index in [-0.39, 0.29) is 18.5 Å². The first-order chi connectivity index (χ1) is 6.90. The quantitative estimate of drug-likeness (QED) is 0.672. The molecule has 0 fully saturated rings. The Bertz CT molecular complexity index is 251. The average molecular weight is 214 g/mol. The fourth-order valence-electron chi connectivity index (χ4n) is 0.874. The summed E-state index contributed by atoms with van der Waals surface area (Å²) < 4.78 is 0. The summed E-state index contributed by atoms with van der Waals surface area (Å²) in [5, 5.41) is 11.2. The summed E-state index contributed by atoms with van der Waals surface area (Å²) in [6.45, 7) is 7.14. The number of carboxylic acid groups (broad SMARTS) is 1. The summed E-state index contributed by atoms with van der Waals surface area (Å²) in [5.74, 6) is -1.06. The van der Waals surface area contributed by atoms with Gasteiger partial charge in [-0.05, 0) is 20.3 Å². The first-order valence-corrected chi connectivity index (χ1v) is 4.77. The highest BCUT2D eigenvalue weighted by Gasteiger charge is 2.21. The Labute approximate surface area is 89.8 Å². The third-order valence-corrected chi connectivity index (χ3v) is 2.09. The van der Waals surface area contributed by atoms with Crippen LogP contribution in [0.2, 0.25) is 0 Å². The number of amides is 2. The number of carbonyl (C=O) groups is 2. The van der Waals surface area contributed by atoms with Crippen LogP contribution in [-0.2, 0) is 4.79 Å². The molecule has 0 aromatic rings. The number of nitrogens with one attached hydrogen (secondary N) is 1. The molecule has 0 aliphatic carbocycles. The monoisotopic (exact) mass is 214 g/mol. The van der Waals surface area contributed by atoms with Crippen molar-refractivity contribution in [1.29, 1.82) is 0 Å². The van der Waals surface area contributed by atoms with Crippen molar-refractivity contribution in [2.45, 2.75) is 32.4 Å². The Hall–Kier alpha value is -1.52. The van der Waals surface area contributed by atoms with Gasteiger partial charge in [-0.25, -0.2) is 9.59 Å². The molecule has 0 spiro atoms. The van der Waals surface area contributed by atoms with Gasteiger partial charge in [0.2, 0.25) is 0 Å². The van der Waals surface area contributed by atoms with E-state index in [0.29, 0.717) is 0 Å². The van der Waals surface area contributed by atoms with Crippen molar-refractivity contribution in [3.05, 3.63) is 12.7 Å². The van der Waals surface area contributed by atoms with E-state index in [2.05, 4.69) is 11.9 Å². The molecule has 1 unspecified atom stereocenters. The Kier molecular flexibility index (Phi) is 5.44. The standard InChI is InChI=1S/C10H18N2O3/c1-5-6-8(9(13)14)11-10(15)12(4)7(2)3/h5,7-8H,1,6H2,2-4H3,(H,11,15)(H,13,14). The van der Waals surface area contributed by atoms with Gasteiger partial charge >= 0.3 is 12.0 Å². The zero-order valence-electron chi connectivity index (χ0n) is 9.36. The molecule has 86 valence electrons. The van der Waals surface area contributed by atoms with Gasteiger partial charge in [-0.1, -0.05) is 6.08 Å². The molecule has 0 heterocycles. The number of nitrogens with zero attached hydrogens (tertiary/aromatic N) is 1. The minimum Gasteiger partial charge on any atom is -0.480 e. The van der Waals surface area contributed by atoms with E-state index in [0.717, 1.165) is 0 Å². The molecule has 0 aliphatic heterocycles. The number of carboxylic acids is 1. The summed E-state index contributed by atoms with van der Waals surface area (Å²) >= 11 is 0. The average Bonchev–Trinajstić information content (AvgIpc) is 2.15. The van der Waals surface area contributed by atoms with E-state index in [1.165, 1.54) is 11.0 Å². The van der Waals surface area contributed by atoms with Crippen molar-refractivity contribution in [2.75, 3.05) is 7.05 Å². The molecule has 0 aromatic carbocycles. The molecule has 5 heteroatoms. The SMILES string of the molecule is C=CCC(NC(=O)N(C)C(C)C)C(=O)O. The Morgan fingerprint density at radius 3 is 2.40 bits per heavy atom. The normalized spacial score (nSPS) is 12.0. The highest BCUT2D eigenvalue weighted by atomic mass is 16.4. The molecule has 0 rings (SSSR count). The molecule has 0 saturated heterocycles. The highest BCUT2D eigenvalue weighted by molar-refractivity contribution is 5.82. The molecule has 0 aromatic heterocycles. The molecule has 5 nitrogen and oxygen atoms in total. The van der Waals surface area contributed by atoms with Crippen LogP contribution in [0.1, 0.15) is 20.3 Å². The number of aliphatic carboxylic acids is 1. The molecule has 1 atom stereocenters. The summed E-state index contributed by atoms with van der Waals surface area (Å²) in [4.78, 5) is 23.7. The van der Waals surface area contributed by atoms with Gasteiger partial charge in [-0.3, -0.25) is 0 Å². The summed E-state index contributed by atoms with van der Waals surface area (Å²) in [6.07, 6.45) is 1.68. The summed E-state index contributed by atoms with van der Waals surface area (Å²) in [6, 6.07) is -1.27. The Balaban J connectivity index is 4.34. The fourth-order valence-corrected chi connectivity index (χ4v) is 0.874. The second-order valence-corrected chi connectivity index (χ2v) is 3.57. The van der Waals surface area contributed by atoms with Gasteiger partial charge in [-0.15, -0.1) is 6.58 Å². The maximum absolute atomic E-state index is 11.5. The first-order valence-electron chi connectivity index (χ1n) is 4.77. The maximum Gasteiger partial charge on any atom is 0.326 e. The van der Waals surface area contributed by atoms with Crippen molar-refractivity contribution in [1.82, 2.24) is 10.2 Å². The molecule has 2 amide bonds. The molecule has 2 N–H and O–H groups in total. The lowest BCUT2D eigenvalue weighted by Crippen LogP contribution is -2.48. The number of carbonyl (C=O) groups excluding carboxylic acids is 1. The molecule has 15 heavy (non-hydrogen) atoms. The van der Waals surface area contributed by atoms with Gasteiger partial charge < -0.3 is 15.3 Å². The number of urea groups is 1. The summed E-state index contributed by atoms with van der Waals surface area (Å²) in [7, 11) is 1.62. The molecule has 0 aliphatic rings. The van der Waals surface area contributed by atoms with E-state index in [1.54, 1.807) is 7.05 Å². The van der Waals surface area contributed by atoms with Crippen LogP contribution in [0.4, 0.5) is 4.79 Å². The molecule has 0 radical (unpaired) electrons. The maximum atomic E-state index is 11.5. The lowest BCUT2D eigenvalue weighted by molar-refractivity contribution is -0.139. The van der Waals surface area contributed by atoms with Crippen LogP contribution in [0.3, 0.4) is 0 Å². The van der Waals surface area contributed by atoms with E-state index in [9.17, 15) is 9.59 Å². The Morgan fingerprint density at radius 1 is 1.53 bits per heavy atom. The van der Waals surface area contributed by atoms with Crippen molar-refractivity contribution >= 4 is 12.0 Å². The third-order valence-electron chi connectivity index (χ3n) is 2.09. The highest BCUT2D eigenvalue weighted by Crippen LogP contribution is 1.98. The Morgan fingerprint density at radius 2 is 2.07 bits per heavy atom. The van der Waals surface area contributed by atoms with Crippen LogP contribution < -0.4 is 5.32 Å². The van der Waals surface area contributed by atoms with Crippen LogP contribution in [-0.4, -0.2) is 41.1 Å². The van der Waals surface area contributed by atoms with Gasteiger partial charge in [0.15, 0.2) is 0 Å². The predicted octanol–water partition coefficient (Wildman–Crippen LogP) is 1.07. The first kappa shape index (κ1) is 13.5. The van der Waals surface area contributed by atoms with E-state index in [1.807, 2.05) is 13.8 Å². The van der Waals surface area contributed by atoms with Crippen molar-refractivity contribution < 1.29 is 14.7 Å². The second-order valence-electron chi connectivity index (χ2n) is 3.57. The van der Waals surface area contributed by atoms with Gasteiger partial charge in [0.05, 0.1) is 0 Å². The van der Waals surface area contributed by atoms with Crippen molar-refractivity contribution in [2.24, 2.45) is 0 Å². The van der Waals surface area contributed by atoms with Crippen LogP contribution >= 0.6 is 0 Å². The van der Waals surface area contributed by atoms with E-state index >= 15 is 0 Å². The van der Waals surface area contributed by atoms with E-state index < -0.39 is 12.0 Å². The zero-order chi connectivity index (χ0) is 12.0.